The molecule has 138 valence electrons. The highest BCUT2D eigenvalue weighted by atomic mass is 19.1. The van der Waals surface area contributed by atoms with E-state index in [2.05, 4.69) is 4.90 Å². The molecule has 0 N–H and O–H groups in total. The van der Waals surface area contributed by atoms with E-state index in [4.69, 9.17) is 9.47 Å². The van der Waals surface area contributed by atoms with Gasteiger partial charge >= 0.3 is 0 Å². The van der Waals surface area contributed by atoms with Gasteiger partial charge in [-0.3, -0.25) is 9.69 Å². The molecule has 1 heterocycles. The van der Waals surface area contributed by atoms with Crippen molar-refractivity contribution < 1.29 is 18.7 Å². The Morgan fingerprint density at radius 3 is 2.42 bits per heavy atom. The van der Waals surface area contributed by atoms with Crippen LogP contribution >= 0.6 is 0 Å². The summed E-state index contributed by atoms with van der Waals surface area (Å²) >= 11 is 0. The number of ether oxygens (including phenoxy) is 2. The highest BCUT2D eigenvalue weighted by molar-refractivity contribution is 5.94. The van der Waals surface area contributed by atoms with E-state index in [1.165, 1.54) is 12.1 Å². The van der Waals surface area contributed by atoms with Crippen LogP contribution in [0.25, 0.3) is 0 Å². The third-order valence-electron chi connectivity index (χ3n) is 4.47. The van der Waals surface area contributed by atoms with Gasteiger partial charge in [0.15, 0.2) is 0 Å². The molecule has 0 radical (unpaired) electrons. The number of piperazine rings is 1. The van der Waals surface area contributed by atoms with Crippen LogP contribution in [0.4, 0.5) is 4.39 Å². The summed E-state index contributed by atoms with van der Waals surface area (Å²) in [6.07, 6.45) is 0. The molecular formula is C20H23FN2O3. The molecule has 1 saturated heterocycles. The summed E-state index contributed by atoms with van der Waals surface area (Å²) in [4.78, 5) is 16.7. The van der Waals surface area contributed by atoms with Gasteiger partial charge in [-0.15, -0.1) is 0 Å². The fraction of sp³-hybridized carbons (Fsp3) is 0.350. The molecule has 1 aliphatic rings. The quantitative estimate of drug-likeness (QED) is 0.796. The van der Waals surface area contributed by atoms with Crippen LogP contribution in [-0.2, 0) is 0 Å². The minimum Gasteiger partial charge on any atom is -0.497 e. The van der Waals surface area contributed by atoms with Crippen LogP contribution in [0.1, 0.15) is 10.4 Å². The normalized spacial score (nSPS) is 14.9. The molecule has 0 saturated carbocycles. The molecule has 0 aromatic heterocycles. The number of amides is 1. The topological polar surface area (TPSA) is 42.0 Å². The monoisotopic (exact) mass is 358 g/mol. The van der Waals surface area contributed by atoms with Crippen LogP contribution in [0.3, 0.4) is 0 Å². The second-order valence-corrected chi connectivity index (χ2v) is 6.17. The molecular weight excluding hydrogens is 335 g/mol. The van der Waals surface area contributed by atoms with Crippen molar-refractivity contribution in [3.05, 3.63) is 59.9 Å². The van der Waals surface area contributed by atoms with Crippen LogP contribution in [0, 0.1) is 5.82 Å². The fourth-order valence-electron chi connectivity index (χ4n) is 2.94. The van der Waals surface area contributed by atoms with Crippen molar-refractivity contribution >= 4 is 5.91 Å². The van der Waals surface area contributed by atoms with E-state index in [1.807, 2.05) is 4.90 Å². The molecule has 0 aliphatic carbocycles. The molecule has 2 aromatic rings. The molecule has 1 aliphatic heterocycles. The van der Waals surface area contributed by atoms with Crippen LogP contribution in [-0.4, -0.2) is 62.1 Å². The summed E-state index contributed by atoms with van der Waals surface area (Å²) in [5.74, 6) is 1.03. The van der Waals surface area contributed by atoms with Gasteiger partial charge in [-0.05, 0) is 36.4 Å². The van der Waals surface area contributed by atoms with Crippen LogP contribution in [0.15, 0.2) is 48.5 Å². The zero-order valence-corrected chi connectivity index (χ0v) is 14.9. The maximum atomic E-state index is 13.1. The second kappa shape index (κ2) is 8.67. The van der Waals surface area contributed by atoms with Crippen LogP contribution in [0.5, 0.6) is 11.5 Å². The van der Waals surface area contributed by atoms with E-state index in [9.17, 15) is 9.18 Å². The van der Waals surface area contributed by atoms with Gasteiger partial charge in [-0.25, -0.2) is 4.39 Å². The summed E-state index contributed by atoms with van der Waals surface area (Å²) < 4.78 is 23.8. The molecule has 1 amide bonds. The lowest BCUT2D eigenvalue weighted by Crippen LogP contribution is -2.49. The van der Waals surface area contributed by atoms with Crippen molar-refractivity contribution in [2.75, 3.05) is 46.4 Å². The third kappa shape index (κ3) is 4.73. The first kappa shape index (κ1) is 18.2. The average Bonchev–Trinajstić information content (AvgIpc) is 2.68. The number of hydrogen-bond donors (Lipinski definition) is 0. The number of carbonyl (C=O) groups excluding carboxylic acids is 1. The van der Waals surface area contributed by atoms with Crippen molar-refractivity contribution in [3.63, 3.8) is 0 Å². The SMILES string of the molecule is COc1ccc(C(=O)N2CCN(CCOc3cccc(F)c3)CC2)cc1. The summed E-state index contributed by atoms with van der Waals surface area (Å²) in [5, 5.41) is 0. The minimum absolute atomic E-state index is 0.0447. The Bertz CT molecular complexity index is 728. The Kier molecular flexibility index (Phi) is 6.07. The van der Waals surface area contributed by atoms with E-state index in [0.29, 0.717) is 31.0 Å². The molecule has 0 atom stereocenters. The molecule has 3 rings (SSSR count). The van der Waals surface area contributed by atoms with E-state index in [1.54, 1.807) is 43.5 Å². The summed E-state index contributed by atoms with van der Waals surface area (Å²) in [5.41, 5.74) is 0.675. The van der Waals surface area contributed by atoms with Gasteiger partial charge in [0, 0.05) is 44.4 Å². The van der Waals surface area contributed by atoms with Crippen molar-refractivity contribution in [3.8, 4) is 11.5 Å². The van der Waals surface area contributed by atoms with Crippen molar-refractivity contribution in [2.45, 2.75) is 0 Å². The molecule has 6 heteroatoms. The van der Waals surface area contributed by atoms with E-state index < -0.39 is 0 Å². The van der Waals surface area contributed by atoms with Crippen LogP contribution < -0.4 is 9.47 Å². The van der Waals surface area contributed by atoms with Gasteiger partial charge in [0.05, 0.1) is 7.11 Å². The number of carbonyl (C=O) groups is 1. The average molecular weight is 358 g/mol. The van der Waals surface area contributed by atoms with E-state index >= 15 is 0 Å². The highest BCUT2D eigenvalue weighted by Gasteiger charge is 2.22. The van der Waals surface area contributed by atoms with Gasteiger partial charge in [0.2, 0.25) is 0 Å². The Morgan fingerprint density at radius 1 is 1.04 bits per heavy atom. The fourth-order valence-corrected chi connectivity index (χ4v) is 2.94. The summed E-state index contributed by atoms with van der Waals surface area (Å²) in [6.45, 7) is 4.22. The predicted octanol–water partition coefficient (Wildman–Crippen LogP) is 2.67. The molecule has 2 aromatic carbocycles. The number of methoxy groups -OCH3 is 1. The molecule has 0 bridgehead atoms. The molecule has 26 heavy (non-hydrogen) atoms. The largest absolute Gasteiger partial charge is 0.497 e. The highest BCUT2D eigenvalue weighted by Crippen LogP contribution is 2.15. The van der Waals surface area contributed by atoms with Crippen LogP contribution in [0.2, 0.25) is 0 Å². The number of rotatable bonds is 6. The predicted molar refractivity (Wildman–Crippen MR) is 97.2 cm³/mol. The summed E-state index contributed by atoms with van der Waals surface area (Å²) in [6, 6.07) is 13.3. The standard InChI is InChI=1S/C20H23FN2O3/c1-25-18-7-5-16(6-8-18)20(24)23-11-9-22(10-12-23)13-14-26-19-4-2-3-17(21)15-19/h2-8,15H,9-14H2,1H3. The lowest BCUT2D eigenvalue weighted by atomic mass is 10.1. The number of benzene rings is 2. The van der Waals surface area contributed by atoms with Crippen molar-refractivity contribution in [2.24, 2.45) is 0 Å². The van der Waals surface area contributed by atoms with Gasteiger partial charge in [-0.1, -0.05) is 6.07 Å². The Labute approximate surface area is 152 Å². The zero-order chi connectivity index (χ0) is 18.4. The van der Waals surface area contributed by atoms with E-state index in [0.717, 1.165) is 25.4 Å². The molecule has 5 nitrogen and oxygen atoms in total. The van der Waals surface area contributed by atoms with Crippen molar-refractivity contribution in [1.29, 1.82) is 0 Å². The first-order valence-corrected chi connectivity index (χ1v) is 8.70. The van der Waals surface area contributed by atoms with Gasteiger partial charge in [0.1, 0.15) is 23.9 Å². The van der Waals surface area contributed by atoms with Gasteiger partial charge in [0.25, 0.3) is 5.91 Å². The maximum Gasteiger partial charge on any atom is 0.253 e. The Morgan fingerprint density at radius 2 is 1.77 bits per heavy atom. The third-order valence-corrected chi connectivity index (χ3v) is 4.47. The lowest BCUT2D eigenvalue weighted by molar-refractivity contribution is 0.0620. The minimum atomic E-state index is -0.298. The lowest BCUT2D eigenvalue weighted by Gasteiger charge is -2.34. The zero-order valence-electron chi connectivity index (χ0n) is 14.9. The molecule has 0 unspecified atom stereocenters. The number of nitrogens with zero attached hydrogens (tertiary/aromatic N) is 2. The van der Waals surface area contributed by atoms with Crippen molar-refractivity contribution in [1.82, 2.24) is 9.80 Å². The number of halogens is 1. The maximum absolute atomic E-state index is 13.1. The first-order chi connectivity index (χ1) is 12.7. The smallest absolute Gasteiger partial charge is 0.253 e. The Hall–Kier alpha value is -2.60. The van der Waals surface area contributed by atoms with E-state index in [-0.39, 0.29) is 11.7 Å². The molecule has 1 fully saturated rings. The summed E-state index contributed by atoms with van der Waals surface area (Å²) in [7, 11) is 1.61. The van der Waals surface area contributed by atoms with Gasteiger partial charge < -0.3 is 14.4 Å². The first-order valence-electron chi connectivity index (χ1n) is 8.70. The number of hydrogen-bond acceptors (Lipinski definition) is 4. The van der Waals surface area contributed by atoms with Gasteiger partial charge in [-0.2, -0.15) is 0 Å². The molecule has 0 spiro atoms. The second-order valence-electron chi connectivity index (χ2n) is 6.17. The Balaban J connectivity index is 1.42.